The molecule has 2 aliphatic rings. The number of piperidine rings is 1. The van der Waals surface area contributed by atoms with Gasteiger partial charge in [-0.3, -0.25) is 20.0 Å². The summed E-state index contributed by atoms with van der Waals surface area (Å²) in [5.41, 5.74) is 4.01. The van der Waals surface area contributed by atoms with Crippen molar-refractivity contribution in [3.05, 3.63) is 30.1 Å². The highest BCUT2D eigenvalue weighted by molar-refractivity contribution is 8.93. The number of pyridine rings is 1. The molecule has 6 heteroatoms. The lowest BCUT2D eigenvalue weighted by Crippen LogP contribution is -2.64. The van der Waals surface area contributed by atoms with E-state index in [0.29, 0.717) is 6.61 Å². The van der Waals surface area contributed by atoms with E-state index in [1.54, 1.807) is 0 Å². The van der Waals surface area contributed by atoms with E-state index in [4.69, 9.17) is 4.84 Å². The van der Waals surface area contributed by atoms with Crippen molar-refractivity contribution < 1.29 is 4.84 Å². The second-order valence-corrected chi connectivity index (χ2v) is 5.36. The van der Waals surface area contributed by atoms with Gasteiger partial charge in [-0.1, -0.05) is 12.5 Å². The van der Waals surface area contributed by atoms with Gasteiger partial charge in [-0.05, 0) is 32.0 Å². The van der Waals surface area contributed by atoms with Crippen LogP contribution in [0.4, 0.5) is 0 Å². The zero-order valence-corrected chi connectivity index (χ0v) is 13.4. The normalized spacial score (nSPS) is 27.8. The molecule has 2 aliphatic heterocycles. The highest BCUT2D eigenvalue weighted by Crippen LogP contribution is 2.22. The van der Waals surface area contributed by atoms with E-state index in [2.05, 4.69) is 26.7 Å². The number of nitrogens with zero attached hydrogens (tertiary/aromatic N) is 2. The molecule has 0 spiro atoms. The predicted molar refractivity (Wildman–Crippen MR) is 83.6 cm³/mol. The number of hydroxylamine groups is 1. The van der Waals surface area contributed by atoms with Gasteiger partial charge < -0.3 is 0 Å². The van der Waals surface area contributed by atoms with Gasteiger partial charge in [0.2, 0.25) is 0 Å². The molecule has 3 rings (SSSR count). The van der Waals surface area contributed by atoms with Crippen LogP contribution in [-0.4, -0.2) is 42.7 Å². The van der Waals surface area contributed by atoms with Crippen molar-refractivity contribution in [1.82, 2.24) is 20.7 Å². The Morgan fingerprint density at radius 2 is 2.15 bits per heavy atom. The average Bonchev–Trinajstić information content (AvgIpc) is 2.50. The molecule has 20 heavy (non-hydrogen) atoms. The molecule has 0 aliphatic carbocycles. The smallest absolute Gasteiger partial charge is 0.132 e. The van der Waals surface area contributed by atoms with Gasteiger partial charge in [0.25, 0.3) is 0 Å². The lowest BCUT2D eigenvalue weighted by Gasteiger charge is -2.43. The topological polar surface area (TPSA) is 49.4 Å². The Balaban J connectivity index is 0.00000147. The Bertz CT molecular complexity index is 391. The molecule has 1 atom stereocenters. The summed E-state index contributed by atoms with van der Waals surface area (Å²) in [7, 11) is 0. The molecule has 2 fully saturated rings. The van der Waals surface area contributed by atoms with Crippen molar-refractivity contribution in [2.24, 2.45) is 0 Å². The number of aromatic nitrogens is 1. The standard InChI is InChI=1S/C14H22N4O.BrH/c1-2-8-18(9-3-1)12-14(16-7-10-19-17-14)13-5-4-6-15-11-13;/h4-6,11,16-17H,1-3,7-10,12H2;1H. The molecule has 0 saturated carbocycles. The molecular formula is C14H23BrN4O. The molecule has 1 unspecified atom stereocenters. The number of hydrogen-bond acceptors (Lipinski definition) is 5. The highest BCUT2D eigenvalue weighted by Gasteiger charge is 2.36. The van der Waals surface area contributed by atoms with E-state index in [0.717, 1.165) is 18.7 Å². The minimum absolute atomic E-state index is 0. The molecule has 2 saturated heterocycles. The van der Waals surface area contributed by atoms with Crippen molar-refractivity contribution in [3.8, 4) is 0 Å². The van der Waals surface area contributed by atoms with E-state index < -0.39 is 0 Å². The Morgan fingerprint density at radius 3 is 2.80 bits per heavy atom. The molecule has 3 heterocycles. The van der Waals surface area contributed by atoms with E-state index in [-0.39, 0.29) is 22.6 Å². The van der Waals surface area contributed by atoms with Crippen LogP contribution >= 0.6 is 17.0 Å². The summed E-state index contributed by atoms with van der Waals surface area (Å²) in [6.45, 7) is 4.81. The fourth-order valence-electron chi connectivity index (χ4n) is 2.93. The minimum atomic E-state index is -0.330. The molecule has 0 aromatic carbocycles. The van der Waals surface area contributed by atoms with Gasteiger partial charge in [0.15, 0.2) is 0 Å². The van der Waals surface area contributed by atoms with Crippen molar-refractivity contribution in [1.29, 1.82) is 0 Å². The second-order valence-electron chi connectivity index (χ2n) is 5.36. The van der Waals surface area contributed by atoms with Gasteiger partial charge in [-0.25, -0.2) is 0 Å². The van der Waals surface area contributed by atoms with Crippen LogP contribution in [0.1, 0.15) is 24.8 Å². The second kappa shape index (κ2) is 7.47. The number of rotatable bonds is 3. The number of hydrogen-bond donors (Lipinski definition) is 2. The summed E-state index contributed by atoms with van der Waals surface area (Å²) in [5.74, 6) is 0. The monoisotopic (exact) mass is 342 g/mol. The molecular weight excluding hydrogens is 320 g/mol. The number of likely N-dealkylation sites (tertiary alicyclic amines) is 1. The van der Waals surface area contributed by atoms with Gasteiger partial charge >= 0.3 is 0 Å². The lowest BCUT2D eigenvalue weighted by molar-refractivity contribution is -0.0875. The summed E-state index contributed by atoms with van der Waals surface area (Å²) in [6.07, 6.45) is 7.67. The molecule has 1 aromatic heterocycles. The van der Waals surface area contributed by atoms with Crippen LogP contribution in [-0.2, 0) is 10.5 Å². The molecule has 5 nitrogen and oxygen atoms in total. The zero-order valence-electron chi connectivity index (χ0n) is 11.7. The van der Waals surface area contributed by atoms with Crippen LogP contribution in [0.5, 0.6) is 0 Å². The third kappa shape index (κ3) is 3.56. The number of nitrogens with one attached hydrogen (secondary N) is 2. The maximum Gasteiger partial charge on any atom is 0.132 e. The number of halogens is 1. The van der Waals surface area contributed by atoms with Crippen LogP contribution < -0.4 is 10.8 Å². The summed E-state index contributed by atoms with van der Waals surface area (Å²) < 4.78 is 0. The minimum Gasteiger partial charge on any atom is -0.300 e. The Labute approximate surface area is 130 Å². The van der Waals surface area contributed by atoms with Gasteiger partial charge in [0.1, 0.15) is 5.66 Å². The SMILES string of the molecule is Br.c1cncc(C2(CN3CCCCC3)NCCON2)c1. The first kappa shape index (κ1) is 15.9. The third-order valence-electron chi connectivity index (χ3n) is 3.94. The first-order valence-corrected chi connectivity index (χ1v) is 7.16. The van der Waals surface area contributed by atoms with Crippen molar-refractivity contribution in [2.75, 3.05) is 32.8 Å². The lowest BCUT2D eigenvalue weighted by atomic mass is 9.99. The van der Waals surface area contributed by atoms with Crippen molar-refractivity contribution in [3.63, 3.8) is 0 Å². The van der Waals surface area contributed by atoms with Crippen LogP contribution in [0.25, 0.3) is 0 Å². The quantitative estimate of drug-likeness (QED) is 0.870. The third-order valence-corrected chi connectivity index (χ3v) is 3.94. The average molecular weight is 343 g/mol. The van der Waals surface area contributed by atoms with Crippen molar-refractivity contribution in [2.45, 2.75) is 24.9 Å². The molecule has 2 N–H and O–H groups in total. The van der Waals surface area contributed by atoms with E-state index in [9.17, 15) is 0 Å². The zero-order chi connectivity index (χ0) is 13.0. The van der Waals surface area contributed by atoms with Crippen molar-refractivity contribution >= 4 is 17.0 Å². The molecule has 0 bridgehead atoms. The van der Waals surface area contributed by atoms with E-state index in [1.165, 1.54) is 32.4 Å². The van der Waals surface area contributed by atoms with Gasteiger partial charge in [0, 0.05) is 31.0 Å². The summed E-state index contributed by atoms with van der Waals surface area (Å²) in [4.78, 5) is 12.3. The maximum atomic E-state index is 5.51. The first-order valence-electron chi connectivity index (χ1n) is 7.16. The van der Waals surface area contributed by atoms with E-state index in [1.807, 2.05) is 18.5 Å². The largest absolute Gasteiger partial charge is 0.300 e. The Hall–Kier alpha value is -0.530. The Morgan fingerprint density at radius 1 is 1.30 bits per heavy atom. The molecule has 1 aromatic rings. The van der Waals surface area contributed by atoms with Gasteiger partial charge in [0.05, 0.1) is 6.61 Å². The molecule has 0 amide bonds. The van der Waals surface area contributed by atoms with Crippen LogP contribution in [0, 0.1) is 0 Å². The maximum absolute atomic E-state index is 5.51. The molecule has 0 radical (unpaired) electrons. The predicted octanol–water partition coefficient (Wildman–Crippen LogP) is 1.42. The Kier molecular flexibility index (Phi) is 5.92. The highest BCUT2D eigenvalue weighted by atomic mass is 79.9. The fourth-order valence-corrected chi connectivity index (χ4v) is 2.93. The summed E-state index contributed by atoms with van der Waals surface area (Å²) in [5, 5.41) is 3.58. The van der Waals surface area contributed by atoms with Crippen LogP contribution in [0.3, 0.4) is 0 Å². The summed E-state index contributed by atoms with van der Waals surface area (Å²) >= 11 is 0. The van der Waals surface area contributed by atoms with E-state index >= 15 is 0 Å². The fraction of sp³-hybridized carbons (Fsp3) is 0.643. The van der Waals surface area contributed by atoms with Gasteiger partial charge in [-0.2, -0.15) is 5.48 Å². The van der Waals surface area contributed by atoms with Gasteiger partial charge in [-0.15, -0.1) is 17.0 Å². The van der Waals surface area contributed by atoms with Crippen LogP contribution in [0.2, 0.25) is 0 Å². The van der Waals surface area contributed by atoms with Crippen LogP contribution in [0.15, 0.2) is 24.5 Å². The molecule has 112 valence electrons. The summed E-state index contributed by atoms with van der Waals surface area (Å²) in [6, 6.07) is 4.08. The first-order chi connectivity index (χ1) is 9.39.